The van der Waals surface area contributed by atoms with Gasteiger partial charge in [0.2, 0.25) is 0 Å². The number of benzene rings is 2. The third kappa shape index (κ3) is 3.21. The molecule has 0 aliphatic heterocycles. The summed E-state index contributed by atoms with van der Waals surface area (Å²) in [7, 11) is -3.68. The summed E-state index contributed by atoms with van der Waals surface area (Å²) in [5.41, 5.74) is 6.35. The normalized spacial score (nSPS) is 11.1. The van der Waals surface area contributed by atoms with Gasteiger partial charge in [0.1, 0.15) is 10.6 Å². The average molecular weight is 292 g/mol. The lowest BCUT2D eigenvalue weighted by atomic mass is 10.3. The standard InChI is InChI=1S/C14H16N2O3S/c1-2-19-12-9-7-11(8-10-12)16-20(17,18)14-6-4-3-5-13(14)15/h3-10,16H,2,15H2,1H3. The zero-order chi connectivity index (χ0) is 14.6. The van der Waals surface area contributed by atoms with Gasteiger partial charge in [0.15, 0.2) is 0 Å². The Kier molecular flexibility index (Phi) is 4.14. The Morgan fingerprint density at radius 2 is 1.75 bits per heavy atom. The van der Waals surface area contributed by atoms with E-state index in [4.69, 9.17) is 10.5 Å². The Morgan fingerprint density at radius 1 is 1.10 bits per heavy atom. The molecule has 0 aromatic heterocycles. The van der Waals surface area contributed by atoms with E-state index >= 15 is 0 Å². The number of anilines is 2. The molecule has 0 spiro atoms. The topological polar surface area (TPSA) is 81.4 Å². The summed E-state index contributed by atoms with van der Waals surface area (Å²) >= 11 is 0. The van der Waals surface area contributed by atoms with Gasteiger partial charge < -0.3 is 10.5 Å². The zero-order valence-corrected chi connectivity index (χ0v) is 11.9. The molecule has 2 aromatic rings. The maximum Gasteiger partial charge on any atom is 0.263 e. The van der Waals surface area contributed by atoms with Crippen molar-refractivity contribution in [3.8, 4) is 5.75 Å². The van der Waals surface area contributed by atoms with Crippen LogP contribution in [0.5, 0.6) is 5.75 Å². The summed E-state index contributed by atoms with van der Waals surface area (Å²) in [6.45, 7) is 2.44. The molecule has 0 unspecified atom stereocenters. The van der Waals surface area contributed by atoms with Crippen molar-refractivity contribution in [1.82, 2.24) is 0 Å². The molecule has 0 heterocycles. The SMILES string of the molecule is CCOc1ccc(NS(=O)(=O)c2ccccc2N)cc1. The van der Waals surface area contributed by atoms with E-state index < -0.39 is 10.0 Å². The van der Waals surface area contributed by atoms with Gasteiger partial charge in [0.25, 0.3) is 10.0 Å². The van der Waals surface area contributed by atoms with Crippen LogP contribution in [0.3, 0.4) is 0 Å². The molecule has 0 saturated heterocycles. The fourth-order valence-electron chi connectivity index (χ4n) is 1.72. The molecule has 0 fully saturated rings. The van der Waals surface area contributed by atoms with Crippen LogP contribution in [0, 0.1) is 0 Å². The van der Waals surface area contributed by atoms with Gasteiger partial charge in [-0.15, -0.1) is 0 Å². The molecule has 5 nitrogen and oxygen atoms in total. The number of nitrogens with one attached hydrogen (secondary N) is 1. The molecule has 20 heavy (non-hydrogen) atoms. The van der Waals surface area contributed by atoms with E-state index in [0.717, 1.165) is 0 Å². The quantitative estimate of drug-likeness (QED) is 0.829. The van der Waals surface area contributed by atoms with E-state index in [2.05, 4.69) is 4.72 Å². The van der Waals surface area contributed by atoms with Crippen molar-refractivity contribution < 1.29 is 13.2 Å². The maximum atomic E-state index is 12.2. The highest BCUT2D eigenvalue weighted by Crippen LogP contribution is 2.22. The van der Waals surface area contributed by atoms with Gasteiger partial charge >= 0.3 is 0 Å². The fourth-order valence-corrected chi connectivity index (χ4v) is 2.91. The molecule has 2 rings (SSSR count). The molecule has 106 valence electrons. The first-order valence-electron chi connectivity index (χ1n) is 6.13. The molecule has 0 amide bonds. The van der Waals surface area contributed by atoms with Crippen LogP contribution in [0.15, 0.2) is 53.4 Å². The summed E-state index contributed by atoms with van der Waals surface area (Å²) in [6.07, 6.45) is 0. The van der Waals surface area contributed by atoms with Crippen molar-refractivity contribution in [3.05, 3.63) is 48.5 Å². The van der Waals surface area contributed by atoms with Gasteiger partial charge in [-0.2, -0.15) is 0 Å². The second-order valence-corrected chi connectivity index (χ2v) is 5.75. The minimum Gasteiger partial charge on any atom is -0.494 e. The Bertz CT molecular complexity index is 682. The summed E-state index contributed by atoms with van der Waals surface area (Å²) in [6, 6.07) is 13.0. The van der Waals surface area contributed by atoms with Crippen LogP contribution < -0.4 is 15.2 Å². The van der Waals surface area contributed by atoms with E-state index in [1.807, 2.05) is 6.92 Å². The van der Waals surface area contributed by atoms with Crippen LogP contribution in [-0.2, 0) is 10.0 Å². The number of para-hydroxylation sites is 1. The van der Waals surface area contributed by atoms with Crippen LogP contribution in [0.4, 0.5) is 11.4 Å². The van der Waals surface area contributed by atoms with Crippen molar-refractivity contribution in [2.45, 2.75) is 11.8 Å². The lowest BCUT2D eigenvalue weighted by molar-refractivity contribution is 0.340. The molecule has 0 bridgehead atoms. The number of ether oxygens (including phenoxy) is 1. The highest BCUT2D eigenvalue weighted by atomic mass is 32.2. The van der Waals surface area contributed by atoms with Gasteiger partial charge in [-0.05, 0) is 43.3 Å². The van der Waals surface area contributed by atoms with Gasteiger partial charge in [-0.1, -0.05) is 12.1 Å². The molecular weight excluding hydrogens is 276 g/mol. The highest BCUT2D eigenvalue weighted by Gasteiger charge is 2.16. The largest absolute Gasteiger partial charge is 0.494 e. The highest BCUT2D eigenvalue weighted by molar-refractivity contribution is 7.92. The number of hydrogen-bond acceptors (Lipinski definition) is 4. The summed E-state index contributed by atoms with van der Waals surface area (Å²) in [5, 5.41) is 0. The summed E-state index contributed by atoms with van der Waals surface area (Å²) in [5.74, 6) is 0.690. The Balaban J connectivity index is 2.22. The second-order valence-electron chi connectivity index (χ2n) is 4.10. The monoisotopic (exact) mass is 292 g/mol. The van der Waals surface area contributed by atoms with Crippen LogP contribution in [0.1, 0.15) is 6.92 Å². The second kappa shape index (κ2) is 5.83. The minimum absolute atomic E-state index is 0.0638. The van der Waals surface area contributed by atoms with Crippen molar-refractivity contribution in [2.24, 2.45) is 0 Å². The predicted molar refractivity (Wildman–Crippen MR) is 79.3 cm³/mol. The molecule has 0 aliphatic carbocycles. The molecule has 0 aliphatic rings. The first kappa shape index (κ1) is 14.2. The molecule has 2 aromatic carbocycles. The van der Waals surface area contributed by atoms with E-state index in [9.17, 15) is 8.42 Å². The first-order valence-corrected chi connectivity index (χ1v) is 7.61. The zero-order valence-electron chi connectivity index (χ0n) is 11.0. The lowest BCUT2D eigenvalue weighted by Crippen LogP contribution is -2.14. The maximum absolute atomic E-state index is 12.2. The van der Waals surface area contributed by atoms with E-state index in [1.165, 1.54) is 6.07 Å². The number of rotatable bonds is 5. The lowest BCUT2D eigenvalue weighted by Gasteiger charge is -2.10. The van der Waals surface area contributed by atoms with Crippen LogP contribution in [0.25, 0.3) is 0 Å². The number of nitrogens with two attached hydrogens (primary N) is 1. The van der Waals surface area contributed by atoms with E-state index in [0.29, 0.717) is 18.0 Å². The Labute approximate surface area is 118 Å². The van der Waals surface area contributed by atoms with Crippen molar-refractivity contribution >= 4 is 21.4 Å². The van der Waals surface area contributed by atoms with Crippen LogP contribution in [-0.4, -0.2) is 15.0 Å². The van der Waals surface area contributed by atoms with E-state index in [1.54, 1.807) is 42.5 Å². The molecular formula is C14H16N2O3S. The predicted octanol–water partition coefficient (Wildman–Crippen LogP) is 2.47. The Hall–Kier alpha value is -2.21. The molecule has 0 radical (unpaired) electrons. The number of sulfonamides is 1. The number of nitrogen functional groups attached to an aromatic ring is 1. The third-order valence-electron chi connectivity index (χ3n) is 2.63. The Morgan fingerprint density at radius 3 is 2.35 bits per heavy atom. The number of hydrogen-bond donors (Lipinski definition) is 2. The molecule has 6 heteroatoms. The van der Waals surface area contributed by atoms with E-state index in [-0.39, 0.29) is 10.6 Å². The van der Waals surface area contributed by atoms with Crippen molar-refractivity contribution in [2.75, 3.05) is 17.1 Å². The minimum atomic E-state index is -3.68. The van der Waals surface area contributed by atoms with Gasteiger partial charge in [0.05, 0.1) is 12.3 Å². The van der Waals surface area contributed by atoms with Crippen molar-refractivity contribution in [3.63, 3.8) is 0 Å². The fraction of sp³-hybridized carbons (Fsp3) is 0.143. The van der Waals surface area contributed by atoms with Gasteiger partial charge in [0, 0.05) is 5.69 Å². The smallest absolute Gasteiger partial charge is 0.263 e. The van der Waals surface area contributed by atoms with Gasteiger partial charge in [-0.3, -0.25) is 4.72 Å². The third-order valence-corrected chi connectivity index (χ3v) is 4.08. The summed E-state index contributed by atoms with van der Waals surface area (Å²) < 4.78 is 32.2. The average Bonchev–Trinajstić information content (AvgIpc) is 2.41. The first-order chi connectivity index (χ1) is 9.53. The van der Waals surface area contributed by atoms with Crippen LogP contribution in [0.2, 0.25) is 0 Å². The van der Waals surface area contributed by atoms with Crippen LogP contribution >= 0.6 is 0 Å². The molecule has 0 saturated carbocycles. The molecule has 0 atom stereocenters. The van der Waals surface area contributed by atoms with Gasteiger partial charge in [-0.25, -0.2) is 8.42 Å². The summed E-state index contributed by atoms with van der Waals surface area (Å²) in [4.78, 5) is 0.0638. The van der Waals surface area contributed by atoms with Crippen molar-refractivity contribution in [1.29, 1.82) is 0 Å². The molecule has 3 N–H and O–H groups in total.